The van der Waals surface area contributed by atoms with Crippen LogP contribution in [-0.2, 0) is 10.2 Å². The first kappa shape index (κ1) is 16.2. The first-order valence-corrected chi connectivity index (χ1v) is 9.26. The standard InChI is InChI=1S/C14H29N3O2S/c1-12(2)15-10-13-6-4-5-9-17(13)20(18,19)16-11-14(3)7-8-14/h12-13,15-16H,4-11H2,1-3H3. The summed E-state index contributed by atoms with van der Waals surface area (Å²) >= 11 is 0. The van der Waals surface area contributed by atoms with Crippen LogP contribution in [0.3, 0.4) is 0 Å². The Hall–Kier alpha value is -0.170. The van der Waals surface area contributed by atoms with Crippen LogP contribution in [0.1, 0.15) is 52.9 Å². The van der Waals surface area contributed by atoms with E-state index < -0.39 is 10.2 Å². The van der Waals surface area contributed by atoms with Crippen LogP contribution in [0.15, 0.2) is 0 Å². The molecule has 1 heterocycles. The third kappa shape index (κ3) is 4.41. The van der Waals surface area contributed by atoms with Gasteiger partial charge in [0.2, 0.25) is 0 Å². The smallest absolute Gasteiger partial charge is 0.279 e. The van der Waals surface area contributed by atoms with E-state index in [1.54, 1.807) is 4.31 Å². The van der Waals surface area contributed by atoms with E-state index in [2.05, 4.69) is 30.8 Å². The Balaban J connectivity index is 1.94. The number of nitrogens with one attached hydrogen (secondary N) is 2. The second-order valence-corrected chi connectivity index (χ2v) is 8.67. The highest BCUT2D eigenvalue weighted by molar-refractivity contribution is 7.87. The van der Waals surface area contributed by atoms with Crippen molar-refractivity contribution in [3.63, 3.8) is 0 Å². The zero-order valence-electron chi connectivity index (χ0n) is 13.0. The zero-order chi connectivity index (χ0) is 14.8. The van der Waals surface area contributed by atoms with Gasteiger partial charge in [0, 0.05) is 31.7 Å². The highest BCUT2D eigenvalue weighted by Gasteiger charge is 2.40. The van der Waals surface area contributed by atoms with Crippen molar-refractivity contribution in [2.45, 2.75) is 65.0 Å². The summed E-state index contributed by atoms with van der Waals surface area (Å²) in [5, 5.41) is 3.37. The largest absolute Gasteiger partial charge is 0.313 e. The lowest BCUT2D eigenvalue weighted by molar-refractivity contribution is 0.238. The second kappa shape index (κ2) is 6.30. The number of hydrogen-bond donors (Lipinski definition) is 2. The molecule has 2 aliphatic rings. The van der Waals surface area contributed by atoms with E-state index >= 15 is 0 Å². The molecule has 20 heavy (non-hydrogen) atoms. The maximum Gasteiger partial charge on any atom is 0.279 e. The molecule has 118 valence electrons. The topological polar surface area (TPSA) is 61.4 Å². The molecule has 0 aromatic rings. The summed E-state index contributed by atoms with van der Waals surface area (Å²) in [5.74, 6) is 0. The molecule has 1 unspecified atom stereocenters. The summed E-state index contributed by atoms with van der Waals surface area (Å²) in [6.07, 6.45) is 5.31. The van der Waals surface area contributed by atoms with Crippen molar-refractivity contribution in [2.75, 3.05) is 19.6 Å². The lowest BCUT2D eigenvalue weighted by Gasteiger charge is -2.35. The molecule has 1 aliphatic carbocycles. The molecular formula is C14H29N3O2S. The van der Waals surface area contributed by atoms with Gasteiger partial charge in [0.25, 0.3) is 10.2 Å². The Morgan fingerprint density at radius 3 is 2.60 bits per heavy atom. The van der Waals surface area contributed by atoms with E-state index in [0.29, 0.717) is 19.1 Å². The second-order valence-electron chi connectivity index (χ2n) is 6.96. The van der Waals surface area contributed by atoms with Gasteiger partial charge in [-0.2, -0.15) is 12.7 Å². The van der Waals surface area contributed by atoms with Gasteiger partial charge in [-0.3, -0.25) is 0 Å². The number of hydrogen-bond acceptors (Lipinski definition) is 3. The zero-order valence-corrected chi connectivity index (χ0v) is 13.8. The molecule has 0 bridgehead atoms. The molecule has 2 fully saturated rings. The fourth-order valence-electron chi connectivity index (χ4n) is 2.60. The molecular weight excluding hydrogens is 274 g/mol. The molecule has 0 amide bonds. The fraction of sp³-hybridized carbons (Fsp3) is 1.00. The minimum Gasteiger partial charge on any atom is -0.313 e. The number of piperidine rings is 1. The van der Waals surface area contributed by atoms with Crippen molar-refractivity contribution in [2.24, 2.45) is 5.41 Å². The Morgan fingerprint density at radius 2 is 2.00 bits per heavy atom. The van der Waals surface area contributed by atoms with Crippen molar-refractivity contribution in [3.8, 4) is 0 Å². The van der Waals surface area contributed by atoms with Crippen LogP contribution in [0.2, 0.25) is 0 Å². The normalized spacial score (nSPS) is 26.9. The summed E-state index contributed by atoms with van der Waals surface area (Å²) in [6, 6.07) is 0.482. The van der Waals surface area contributed by atoms with Crippen LogP contribution in [0, 0.1) is 5.41 Å². The predicted octanol–water partition coefficient (Wildman–Crippen LogP) is 1.47. The summed E-state index contributed by atoms with van der Waals surface area (Å²) in [7, 11) is -3.33. The summed E-state index contributed by atoms with van der Waals surface area (Å²) in [5.41, 5.74) is 0.203. The maximum absolute atomic E-state index is 12.5. The van der Waals surface area contributed by atoms with Crippen molar-refractivity contribution < 1.29 is 8.42 Å². The van der Waals surface area contributed by atoms with E-state index in [1.165, 1.54) is 0 Å². The lowest BCUT2D eigenvalue weighted by atomic mass is 10.0. The predicted molar refractivity (Wildman–Crippen MR) is 81.7 cm³/mol. The molecule has 0 spiro atoms. The SMILES string of the molecule is CC(C)NCC1CCCCN1S(=O)(=O)NCC1(C)CC1. The van der Waals surface area contributed by atoms with E-state index in [4.69, 9.17) is 0 Å². The molecule has 1 saturated carbocycles. The summed E-state index contributed by atoms with van der Waals surface area (Å²) in [4.78, 5) is 0. The van der Waals surface area contributed by atoms with Gasteiger partial charge in [0.1, 0.15) is 0 Å². The van der Waals surface area contributed by atoms with Crippen LogP contribution >= 0.6 is 0 Å². The van der Waals surface area contributed by atoms with Crippen LogP contribution in [-0.4, -0.2) is 44.4 Å². The average molecular weight is 303 g/mol. The first-order chi connectivity index (χ1) is 9.32. The van der Waals surface area contributed by atoms with Crippen molar-refractivity contribution in [1.29, 1.82) is 0 Å². The van der Waals surface area contributed by atoms with Gasteiger partial charge in [-0.05, 0) is 31.1 Å². The van der Waals surface area contributed by atoms with Crippen molar-refractivity contribution in [1.82, 2.24) is 14.3 Å². The van der Waals surface area contributed by atoms with Gasteiger partial charge in [0.15, 0.2) is 0 Å². The minimum absolute atomic E-state index is 0.0932. The molecule has 1 atom stereocenters. The highest BCUT2D eigenvalue weighted by Crippen LogP contribution is 2.44. The Morgan fingerprint density at radius 1 is 1.30 bits per heavy atom. The minimum atomic E-state index is -3.33. The Kier molecular flexibility index (Phi) is 5.10. The van der Waals surface area contributed by atoms with Gasteiger partial charge < -0.3 is 5.32 Å². The molecule has 2 rings (SSSR count). The summed E-state index contributed by atoms with van der Waals surface area (Å²) in [6.45, 7) is 8.30. The lowest BCUT2D eigenvalue weighted by Crippen LogP contribution is -2.53. The first-order valence-electron chi connectivity index (χ1n) is 7.82. The van der Waals surface area contributed by atoms with E-state index in [0.717, 1.165) is 38.6 Å². The van der Waals surface area contributed by atoms with E-state index in [-0.39, 0.29) is 11.5 Å². The van der Waals surface area contributed by atoms with E-state index in [1.807, 2.05) is 0 Å². The van der Waals surface area contributed by atoms with Gasteiger partial charge >= 0.3 is 0 Å². The molecule has 0 aromatic heterocycles. The average Bonchev–Trinajstić information content (AvgIpc) is 3.13. The molecule has 2 N–H and O–H groups in total. The fourth-order valence-corrected chi connectivity index (χ4v) is 4.24. The molecule has 6 heteroatoms. The van der Waals surface area contributed by atoms with Crippen LogP contribution in [0.4, 0.5) is 0 Å². The van der Waals surface area contributed by atoms with Crippen molar-refractivity contribution in [3.05, 3.63) is 0 Å². The maximum atomic E-state index is 12.5. The monoisotopic (exact) mass is 303 g/mol. The molecule has 0 radical (unpaired) electrons. The molecule has 1 aliphatic heterocycles. The third-order valence-electron chi connectivity index (χ3n) is 4.43. The van der Waals surface area contributed by atoms with E-state index in [9.17, 15) is 8.42 Å². The molecule has 0 aromatic carbocycles. The van der Waals surface area contributed by atoms with Gasteiger partial charge in [-0.15, -0.1) is 0 Å². The van der Waals surface area contributed by atoms with Crippen LogP contribution in [0.5, 0.6) is 0 Å². The van der Waals surface area contributed by atoms with Crippen LogP contribution < -0.4 is 10.0 Å². The molecule has 1 saturated heterocycles. The van der Waals surface area contributed by atoms with Crippen LogP contribution in [0.25, 0.3) is 0 Å². The van der Waals surface area contributed by atoms with Gasteiger partial charge in [-0.25, -0.2) is 4.72 Å². The third-order valence-corrected chi connectivity index (χ3v) is 6.04. The Bertz CT molecular complexity index is 418. The number of rotatable bonds is 7. The number of nitrogens with zero attached hydrogens (tertiary/aromatic N) is 1. The Labute approximate surface area is 123 Å². The summed E-state index contributed by atoms with van der Waals surface area (Å²) < 4.78 is 29.5. The van der Waals surface area contributed by atoms with Crippen molar-refractivity contribution >= 4 is 10.2 Å². The van der Waals surface area contributed by atoms with Gasteiger partial charge in [0.05, 0.1) is 0 Å². The molecule has 5 nitrogen and oxygen atoms in total. The highest BCUT2D eigenvalue weighted by atomic mass is 32.2. The van der Waals surface area contributed by atoms with Gasteiger partial charge in [-0.1, -0.05) is 27.2 Å². The quantitative estimate of drug-likeness (QED) is 0.749.